The molecule has 6 rings (SSSR count). The average Bonchev–Trinajstić information content (AvgIpc) is 3.24. The van der Waals surface area contributed by atoms with Crippen molar-refractivity contribution in [2.24, 2.45) is 10.8 Å². The molecule has 1 N–H and O–H groups in total. The van der Waals surface area contributed by atoms with Gasteiger partial charge in [0.15, 0.2) is 5.82 Å². The Labute approximate surface area is 183 Å². The van der Waals surface area contributed by atoms with Gasteiger partial charge in [-0.2, -0.15) is 0 Å². The number of nitrogens with zero attached hydrogens (tertiary/aromatic N) is 5. The molecule has 6 nitrogen and oxygen atoms in total. The van der Waals surface area contributed by atoms with Crippen molar-refractivity contribution < 1.29 is 0 Å². The molecule has 2 aromatic rings. The van der Waals surface area contributed by atoms with Gasteiger partial charge in [0, 0.05) is 48.7 Å². The second-order valence-corrected chi connectivity index (χ2v) is 11.8. The highest BCUT2D eigenvalue weighted by Crippen LogP contribution is 2.53. The zero-order valence-electron chi connectivity index (χ0n) is 18.4. The van der Waals surface area contributed by atoms with E-state index < -0.39 is 0 Å². The van der Waals surface area contributed by atoms with Gasteiger partial charge in [-0.3, -0.25) is 9.47 Å². The molecule has 4 heterocycles. The topological polar surface area (TPSA) is 49.2 Å². The summed E-state index contributed by atoms with van der Waals surface area (Å²) in [5, 5.41) is 13.8. The summed E-state index contributed by atoms with van der Waals surface area (Å²) >= 11 is 6.46. The van der Waals surface area contributed by atoms with Crippen molar-refractivity contribution >= 4 is 17.5 Å². The molecule has 0 radical (unpaired) electrons. The lowest BCUT2D eigenvalue weighted by Crippen LogP contribution is -2.71. The van der Waals surface area contributed by atoms with E-state index in [0.29, 0.717) is 5.41 Å². The number of hydrogen-bond acceptors (Lipinski definition) is 5. The summed E-state index contributed by atoms with van der Waals surface area (Å²) in [6.45, 7) is 14.6. The number of halogens is 1. The van der Waals surface area contributed by atoms with Gasteiger partial charge in [-0.15, -0.1) is 10.2 Å². The third kappa shape index (κ3) is 2.69. The van der Waals surface area contributed by atoms with Gasteiger partial charge in [0.05, 0.1) is 11.7 Å². The van der Waals surface area contributed by atoms with Crippen LogP contribution >= 0.6 is 11.6 Å². The lowest BCUT2D eigenvalue weighted by molar-refractivity contribution is 0.0398. The highest BCUT2D eigenvalue weighted by Gasteiger charge is 2.53. The third-order valence-corrected chi connectivity index (χ3v) is 7.91. The predicted octanol–water partition coefficient (Wildman–Crippen LogP) is 3.79. The van der Waals surface area contributed by atoms with E-state index >= 15 is 0 Å². The van der Waals surface area contributed by atoms with Crippen LogP contribution in [0.2, 0.25) is 5.02 Å². The van der Waals surface area contributed by atoms with Crippen LogP contribution < -0.4 is 10.2 Å². The van der Waals surface area contributed by atoms with Gasteiger partial charge in [0.1, 0.15) is 0 Å². The van der Waals surface area contributed by atoms with Crippen molar-refractivity contribution in [3.63, 3.8) is 0 Å². The normalized spacial score (nSPS) is 26.4. The summed E-state index contributed by atoms with van der Waals surface area (Å²) in [6.07, 6.45) is 2.47. The summed E-state index contributed by atoms with van der Waals surface area (Å²) in [4.78, 5) is 5.08. The molecular formula is C23H31ClN6. The third-order valence-electron chi connectivity index (χ3n) is 7.67. The van der Waals surface area contributed by atoms with E-state index in [2.05, 4.69) is 59.5 Å². The molecule has 30 heavy (non-hydrogen) atoms. The van der Waals surface area contributed by atoms with Crippen LogP contribution in [0.3, 0.4) is 0 Å². The molecule has 1 spiro atoms. The Balaban J connectivity index is 1.52. The van der Waals surface area contributed by atoms with Crippen LogP contribution in [0, 0.1) is 10.8 Å². The molecule has 2 saturated heterocycles. The highest BCUT2D eigenvalue weighted by atomic mass is 35.5. The van der Waals surface area contributed by atoms with Crippen molar-refractivity contribution in [2.45, 2.75) is 58.7 Å². The van der Waals surface area contributed by atoms with E-state index in [4.69, 9.17) is 21.8 Å². The summed E-state index contributed by atoms with van der Waals surface area (Å²) in [6, 6.07) is 6.49. The fourth-order valence-corrected chi connectivity index (χ4v) is 5.84. The van der Waals surface area contributed by atoms with Crippen molar-refractivity contribution in [1.29, 1.82) is 0 Å². The minimum Gasteiger partial charge on any atom is -0.339 e. The van der Waals surface area contributed by atoms with Crippen LogP contribution in [0.15, 0.2) is 18.2 Å². The number of fused-ring (bicyclic) bond motifs is 3. The molecule has 1 atom stereocenters. The summed E-state index contributed by atoms with van der Waals surface area (Å²) in [7, 11) is 0. The number of anilines is 1. The first-order chi connectivity index (χ1) is 14.2. The van der Waals surface area contributed by atoms with Crippen LogP contribution in [-0.4, -0.2) is 51.4 Å². The summed E-state index contributed by atoms with van der Waals surface area (Å²) in [5.74, 6) is 2.06. The fourth-order valence-electron chi connectivity index (χ4n) is 5.65. The number of nitrogens with one attached hydrogen (secondary N) is 1. The van der Waals surface area contributed by atoms with E-state index in [-0.39, 0.29) is 17.0 Å². The number of benzene rings is 1. The van der Waals surface area contributed by atoms with Crippen molar-refractivity contribution in [1.82, 2.24) is 25.0 Å². The van der Waals surface area contributed by atoms with Crippen molar-refractivity contribution in [2.75, 3.05) is 31.1 Å². The quantitative estimate of drug-likeness (QED) is 0.791. The smallest absolute Gasteiger partial charge is 0.232 e. The maximum Gasteiger partial charge on any atom is 0.232 e. The van der Waals surface area contributed by atoms with Gasteiger partial charge in [0.25, 0.3) is 0 Å². The van der Waals surface area contributed by atoms with Gasteiger partial charge >= 0.3 is 0 Å². The molecule has 1 aliphatic carbocycles. The Morgan fingerprint density at radius 3 is 2.47 bits per heavy atom. The van der Waals surface area contributed by atoms with Crippen LogP contribution in [0.25, 0.3) is 5.69 Å². The molecule has 160 valence electrons. The monoisotopic (exact) mass is 426 g/mol. The van der Waals surface area contributed by atoms with E-state index in [1.54, 1.807) is 0 Å². The SMILES string of the molecule is CC(C)(C)C1c2nnc(N3CC4(CNC4)C3)n2-c2ccc(Cl)cc2CN1C1(C)CC1. The standard InChI is InChI=1S/C23H31ClN6/c1-21(2,3)18-19-26-27-20(28-13-23(14-28)11-25-12-23)30(19)17-6-5-16(24)9-15(17)10-29(18)22(4)7-8-22/h5-6,9,18,25H,7-8,10-14H2,1-4H3. The van der Waals surface area contributed by atoms with Gasteiger partial charge in [-0.05, 0) is 48.9 Å². The maximum atomic E-state index is 6.46. The highest BCUT2D eigenvalue weighted by molar-refractivity contribution is 6.30. The van der Waals surface area contributed by atoms with E-state index in [1.807, 2.05) is 6.07 Å². The van der Waals surface area contributed by atoms with Crippen LogP contribution in [0.1, 0.15) is 58.0 Å². The summed E-state index contributed by atoms with van der Waals surface area (Å²) in [5.41, 5.74) is 3.15. The number of aromatic nitrogens is 3. The van der Waals surface area contributed by atoms with E-state index in [1.165, 1.54) is 24.1 Å². The average molecular weight is 427 g/mol. The molecule has 0 bridgehead atoms. The summed E-state index contributed by atoms with van der Waals surface area (Å²) < 4.78 is 2.34. The second-order valence-electron chi connectivity index (χ2n) is 11.3. The lowest BCUT2D eigenvalue weighted by Gasteiger charge is -2.56. The Bertz CT molecular complexity index is 1010. The molecule has 1 unspecified atom stereocenters. The lowest BCUT2D eigenvalue weighted by atomic mass is 9.75. The molecule has 4 aliphatic rings. The fraction of sp³-hybridized carbons (Fsp3) is 0.652. The zero-order valence-corrected chi connectivity index (χ0v) is 19.1. The molecule has 1 aromatic carbocycles. The Kier molecular flexibility index (Phi) is 3.81. The molecule has 3 fully saturated rings. The first kappa shape index (κ1) is 19.1. The largest absolute Gasteiger partial charge is 0.339 e. The van der Waals surface area contributed by atoms with E-state index in [0.717, 1.165) is 49.5 Å². The first-order valence-electron chi connectivity index (χ1n) is 11.2. The minimum absolute atomic E-state index is 0.0353. The molecule has 0 amide bonds. The second kappa shape index (κ2) is 5.99. The van der Waals surface area contributed by atoms with Crippen molar-refractivity contribution in [3.05, 3.63) is 34.6 Å². The molecule has 1 saturated carbocycles. The van der Waals surface area contributed by atoms with Gasteiger partial charge < -0.3 is 10.2 Å². The Hall–Kier alpha value is -1.63. The number of hydrogen-bond donors (Lipinski definition) is 1. The zero-order chi connectivity index (χ0) is 20.9. The van der Waals surface area contributed by atoms with Gasteiger partial charge in [-0.25, -0.2) is 0 Å². The maximum absolute atomic E-state index is 6.46. The Morgan fingerprint density at radius 2 is 1.87 bits per heavy atom. The molecule has 1 aromatic heterocycles. The minimum atomic E-state index is 0.0353. The van der Waals surface area contributed by atoms with Crippen LogP contribution in [0.5, 0.6) is 0 Å². The molecule has 7 heteroatoms. The molecule has 3 aliphatic heterocycles. The Morgan fingerprint density at radius 1 is 1.13 bits per heavy atom. The molecular weight excluding hydrogens is 396 g/mol. The number of rotatable bonds is 2. The first-order valence-corrected chi connectivity index (χ1v) is 11.5. The van der Waals surface area contributed by atoms with E-state index in [9.17, 15) is 0 Å². The van der Waals surface area contributed by atoms with Crippen LogP contribution in [0.4, 0.5) is 5.95 Å². The van der Waals surface area contributed by atoms with Gasteiger partial charge in [-0.1, -0.05) is 32.4 Å². The predicted molar refractivity (Wildman–Crippen MR) is 119 cm³/mol. The van der Waals surface area contributed by atoms with Crippen molar-refractivity contribution in [3.8, 4) is 5.69 Å². The van der Waals surface area contributed by atoms with Crippen LogP contribution in [-0.2, 0) is 6.54 Å². The van der Waals surface area contributed by atoms with Gasteiger partial charge in [0.2, 0.25) is 5.95 Å².